The number of para-hydroxylation sites is 1. The van der Waals surface area contributed by atoms with E-state index in [9.17, 15) is 0 Å². The summed E-state index contributed by atoms with van der Waals surface area (Å²) in [5.41, 5.74) is 9.30. The highest BCUT2D eigenvalue weighted by atomic mass is 15.1. The summed E-state index contributed by atoms with van der Waals surface area (Å²) < 4.78 is 0. The molecule has 0 radical (unpaired) electrons. The first kappa shape index (κ1) is 15.3. The monoisotopic (exact) mass is 284 g/mol. The summed E-state index contributed by atoms with van der Waals surface area (Å²) in [4.78, 5) is 8.99. The van der Waals surface area contributed by atoms with E-state index in [1.165, 1.54) is 5.56 Å². The predicted octanol–water partition coefficient (Wildman–Crippen LogP) is 4.19. The minimum Gasteiger partial charge on any atom is -0.383 e. The van der Waals surface area contributed by atoms with Gasteiger partial charge in [-0.2, -0.15) is 0 Å². The van der Waals surface area contributed by atoms with Crippen LogP contribution in [-0.4, -0.2) is 9.97 Å². The summed E-state index contributed by atoms with van der Waals surface area (Å²) in [5.74, 6) is 2.37. The SMILES string of the molecule is CCCc1ccccc1Nc1nc(C(C)C)nc(N)c1C. The summed E-state index contributed by atoms with van der Waals surface area (Å²) in [5, 5.41) is 3.43. The molecule has 2 rings (SSSR count). The van der Waals surface area contributed by atoms with Crippen LogP contribution >= 0.6 is 0 Å². The lowest BCUT2D eigenvalue weighted by Crippen LogP contribution is -2.08. The maximum absolute atomic E-state index is 6.02. The van der Waals surface area contributed by atoms with E-state index in [2.05, 4.69) is 54.3 Å². The van der Waals surface area contributed by atoms with Crippen LogP contribution in [0.4, 0.5) is 17.3 Å². The predicted molar refractivity (Wildman–Crippen MR) is 89.0 cm³/mol. The summed E-state index contributed by atoms with van der Waals surface area (Å²) in [6.07, 6.45) is 2.15. The largest absolute Gasteiger partial charge is 0.383 e. The fraction of sp³-hybridized carbons (Fsp3) is 0.412. The van der Waals surface area contributed by atoms with Gasteiger partial charge in [0, 0.05) is 17.2 Å². The Hall–Kier alpha value is -2.10. The number of aryl methyl sites for hydroxylation is 1. The van der Waals surface area contributed by atoms with E-state index in [4.69, 9.17) is 5.73 Å². The van der Waals surface area contributed by atoms with Gasteiger partial charge in [-0.05, 0) is 25.0 Å². The molecule has 0 aliphatic carbocycles. The second kappa shape index (κ2) is 6.57. The second-order valence-electron chi connectivity index (χ2n) is 5.63. The van der Waals surface area contributed by atoms with E-state index in [-0.39, 0.29) is 5.92 Å². The number of anilines is 3. The van der Waals surface area contributed by atoms with Crippen molar-refractivity contribution in [3.63, 3.8) is 0 Å². The Morgan fingerprint density at radius 2 is 1.90 bits per heavy atom. The maximum atomic E-state index is 6.02. The fourth-order valence-electron chi connectivity index (χ4n) is 2.19. The van der Waals surface area contributed by atoms with Crippen LogP contribution in [0.1, 0.15) is 50.1 Å². The molecule has 1 aromatic heterocycles. The molecule has 1 aromatic carbocycles. The molecule has 21 heavy (non-hydrogen) atoms. The van der Waals surface area contributed by atoms with Crippen LogP contribution in [0.2, 0.25) is 0 Å². The number of nitrogens with one attached hydrogen (secondary N) is 1. The first-order valence-electron chi connectivity index (χ1n) is 7.51. The van der Waals surface area contributed by atoms with E-state index in [0.29, 0.717) is 5.82 Å². The van der Waals surface area contributed by atoms with E-state index in [0.717, 1.165) is 35.7 Å². The summed E-state index contributed by atoms with van der Waals surface area (Å²) in [7, 11) is 0. The Balaban J connectivity index is 2.39. The van der Waals surface area contributed by atoms with Crippen LogP contribution in [-0.2, 0) is 6.42 Å². The van der Waals surface area contributed by atoms with Crippen molar-refractivity contribution in [2.24, 2.45) is 0 Å². The van der Waals surface area contributed by atoms with E-state index in [1.54, 1.807) is 0 Å². The van der Waals surface area contributed by atoms with E-state index in [1.807, 2.05) is 13.0 Å². The van der Waals surface area contributed by atoms with Gasteiger partial charge in [-0.3, -0.25) is 0 Å². The van der Waals surface area contributed by atoms with Gasteiger partial charge in [-0.25, -0.2) is 9.97 Å². The van der Waals surface area contributed by atoms with Gasteiger partial charge < -0.3 is 11.1 Å². The molecule has 0 fully saturated rings. The van der Waals surface area contributed by atoms with Gasteiger partial charge in [0.05, 0.1) is 0 Å². The van der Waals surface area contributed by atoms with Gasteiger partial charge >= 0.3 is 0 Å². The number of hydrogen-bond acceptors (Lipinski definition) is 4. The van der Waals surface area contributed by atoms with Gasteiger partial charge in [-0.15, -0.1) is 0 Å². The van der Waals surface area contributed by atoms with E-state index < -0.39 is 0 Å². The molecule has 112 valence electrons. The fourth-order valence-corrected chi connectivity index (χ4v) is 2.19. The van der Waals surface area contributed by atoms with Crippen molar-refractivity contribution < 1.29 is 0 Å². The summed E-state index contributed by atoms with van der Waals surface area (Å²) >= 11 is 0. The number of nitrogens with zero attached hydrogens (tertiary/aromatic N) is 2. The molecular weight excluding hydrogens is 260 g/mol. The molecule has 1 heterocycles. The third kappa shape index (κ3) is 3.51. The van der Waals surface area contributed by atoms with Crippen molar-refractivity contribution in [1.29, 1.82) is 0 Å². The Bertz CT molecular complexity index is 620. The molecule has 2 aromatic rings. The lowest BCUT2D eigenvalue weighted by Gasteiger charge is -2.15. The van der Waals surface area contributed by atoms with Gasteiger partial charge in [-0.1, -0.05) is 45.4 Å². The van der Waals surface area contributed by atoms with Crippen molar-refractivity contribution in [3.8, 4) is 0 Å². The maximum Gasteiger partial charge on any atom is 0.139 e. The minimum absolute atomic E-state index is 0.249. The molecule has 0 saturated heterocycles. The number of nitrogen functional groups attached to an aromatic ring is 1. The molecule has 0 atom stereocenters. The Morgan fingerprint density at radius 1 is 1.19 bits per heavy atom. The van der Waals surface area contributed by atoms with Crippen molar-refractivity contribution in [1.82, 2.24) is 9.97 Å². The Kier molecular flexibility index (Phi) is 4.78. The topological polar surface area (TPSA) is 63.8 Å². The standard InChI is InChI=1S/C17H24N4/c1-5-8-13-9-6-7-10-14(13)19-17-12(4)15(18)20-16(21-17)11(2)3/h6-7,9-11H,5,8H2,1-4H3,(H3,18,19,20,21). The molecule has 4 heteroatoms. The molecule has 0 aliphatic heterocycles. The van der Waals surface area contributed by atoms with Gasteiger partial charge in [0.15, 0.2) is 0 Å². The van der Waals surface area contributed by atoms with Crippen LogP contribution in [0, 0.1) is 6.92 Å². The Labute approximate surface area is 126 Å². The number of rotatable bonds is 5. The zero-order chi connectivity index (χ0) is 15.4. The summed E-state index contributed by atoms with van der Waals surface area (Å²) in [6, 6.07) is 8.33. The molecule has 3 N–H and O–H groups in total. The molecule has 0 aliphatic rings. The number of nitrogens with two attached hydrogens (primary N) is 1. The number of hydrogen-bond donors (Lipinski definition) is 2. The molecule has 0 saturated carbocycles. The summed E-state index contributed by atoms with van der Waals surface area (Å²) in [6.45, 7) is 8.27. The van der Waals surface area contributed by atoms with Gasteiger partial charge in [0.25, 0.3) is 0 Å². The quantitative estimate of drug-likeness (QED) is 0.864. The highest BCUT2D eigenvalue weighted by Crippen LogP contribution is 2.26. The van der Waals surface area contributed by atoms with Crippen LogP contribution in [0.5, 0.6) is 0 Å². The third-order valence-corrected chi connectivity index (χ3v) is 3.51. The average molecular weight is 284 g/mol. The van der Waals surface area contributed by atoms with E-state index >= 15 is 0 Å². The van der Waals surface area contributed by atoms with Crippen molar-refractivity contribution in [2.45, 2.75) is 46.5 Å². The third-order valence-electron chi connectivity index (χ3n) is 3.51. The average Bonchev–Trinajstić information content (AvgIpc) is 2.45. The van der Waals surface area contributed by atoms with Crippen LogP contribution < -0.4 is 11.1 Å². The molecule has 0 amide bonds. The number of benzene rings is 1. The second-order valence-corrected chi connectivity index (χ2v) is 5.63. The smallest absolute Gasteiger partial charge is 0.139 e. The highest BCUT2D eigenvalue weighted by Gasteiger charge is 2.12. The minimum atomic E-state index is 0.249. The van der Waals surface area contributed by atoms with Crippen molar-refractivity contribution >= 4 is 17.3 Å². The van der Waals surface area contributed by atoms with Crippen LogP contribution in [0.15, 0.2) is 24.3 Å². The zero-order valence-electron chi connectivity index (χ0n) is 13.3. The van der Waals surface area contributed by atoms with Crippen LogP contribution in [0.3, 0.4) is 0 Å². The van der Waals surface area contributed by atoms with Crippen molar-refractivity contribution in [3.05, 3.63) is 41.2 Å². The van der Waals surface area contributed by atoms with Gasteiger partial charge in [0.2, 0.25) is 0 Å². The molecule has 0 spiro atoms. The number of aromatic nitrogens is 2. The molecule has 0 unspecified atom stereocenters. The normalized spacial score (nSPS) is 10.9. The first-order valence-corrected chi connectivity index (χ1v) is 7.51. The lowest BCUT2D eigenvalue weighted by atomic mass is 10.1. The zero-order valence-corrected chi connectivity index (χ0v) is 13.3. The first-order chi connectivity index (χ1) is 10.0. The van der Waals surface area contributed by atoms with Crippen molar-refractivity contribution in [2.75, 3.05) is 11.1 Å². The van der Waals surface area contributed by atoms with Gasteiger partial charge in [0.1, 0.15) is 17.5 Å². The van der Waals surface area contributed by atoms with Crippen LogP contribution in [0.25, 0.3) is 0 Å². The highest BCUT2D eigenvalue weighted by molar-refractivity contribution is 5.66. The molecular formula is C17H24N4. The molecule has 0 bridgehead atoms. The molecule has 4 nitrogen and oxygen atoms in total. The Morgan fingerprint density at radius 3 is 2.57 bits per heavy atom. The lowest BCUT2D eigenvalue weighted by molar-refractivity contribution is 0.776.